The summed E-state index contributed by atoms with van der Waals surface area (Å²) in [7, 11) is -5.37. The molecule has 0 saturated carbocycles. The Hall–Kier alpha value is -4.12. The molecule has 9 nitrogen and oxygen atoms in total. The van der Waals surface area contributed by atoms with Crippen molar-refractivity contribution in [3.8, 4) is 16.9 Å². The second-order valence-electron chi connectivity index (χ2n) is 10.4. The number of benzene rings is 3. The van der Waals surface area contributed by atoms with Gasteiger partial charge in [-0.3, -0.25) is 5.32 Å². The minimum Gasteiger partial charge on any atom is -0.449 e. The number of hydrogen-bond donors (Lipinski definition) is 2. The maximum atomic E-state index is 13.5. The Bertz CT molecular complexity index is 1520. The normalized spacial score (nSPS) is 12.8. The molecule has 0 aliphatic heterocycles. The van der Waals surface area contributed by atoms with Gasteiger partial charge in [0.2, 0.25) is 0 Å². The summed E-state index contributed by atoms with van der Waals surface area (Å²) in [6.07, 6.45) is -1.51. The van der Waals surface area contributed by atoms with E-state index in [-0.39, 0.29) is 41.6 Å². The molecular formula is C29H31FN2O7S. The molecule has 2 N–H and O–H groups in total. The molecule has 0 fully saturated rings. The van der Waals surface area contributed by atoms with Gasteiger partial charge in [-0.05, 0) is 74.1 Å². The molecule has 0 unspecified atom stereocenters. The number of alkyl carbamates (subject to hydrolysis) is 1. The number of halogens is 1. The van der Waals surface area contributed by atoms with Gasteiger partial charge in [-0.2, -0.15) is 8.42 Å². The average Bonchev–Trinajstić information content (AvgIpc) is 3.18. The Morgan fingerprint density at radius 3 is 2.05 bits per heavy atom. The van der Waals surface area contributed by atoms with Gasteiger partial charge in [0, 0.05) is 18.0 Å². The van der Waals surface area contributed by atoms with Crippen molar-refractivity contribution in [3.63, 3.8) is 0 Å². The number of rotatable bonds is 7. The van der Waals surface area contributed by atoms with E-state index in [9.17, 15) is 21.9 Å². The van der Waals surface area contributed by atoms with Crippen LogP contribution < -0.4 is 14.8 Å². The molecule has 0 saturated heterocycles. The highest BCUT2D eigenvalue weighted by Gasteiger charge is 2.29. The van der Waals surface area contributed by atoms with Crippen molar-refractivity contribution in [1.29, 1.82) is 0 Å². The average molecular weight is 571 g/mol. The molecule has 0 spiro atoms. The molecule has 0 heterocycles. The molecule has 1 aliphatic rings. The lowest BCUT2D eigenvalue weighted by Gasteiger charge is -2.22. The van der Waals surface area contributed by atoms with Crippen LogP contribution in [0.5, 0.6) is 5.75 Å². The van der Waals surface area contributed by atoms with Crippen molar-refractivity contribution in [1.82, 2.24) is 5.32 Å². The molecule has 3 aromatic rings. The third-order valence-corrected chi connectivity index (χ3v) is 6.84. The van der Waals surface area contributed by atoms with Crippen molar-refractivity contribution in [2.75, 3.05) is 11.9 Å². The molecule has 0 atom stereocenters. The summed E-state index contributed by atoms with van der Waals surface area (Å²) in [6.45, 7) is 8.01. The van der Waals surface area contributed by atoms with Crippen LogP contribution in [0.2, 0.25) is 0 Å². The third-order valence-electron chi connectivity index (χ3n) is 6.47. The maximum absolute atomic E-state index is 13.5. The number of carbonyl (C=O) groups is 2. The fourth-order valence-corrected chi connectivity index (χ4v) is 5.16. The monoisotopic (exact) mass is 570 g/mol. The molecule has 3 aromatic carbocycles. The fourth-order valence-electron chi connectivity index (χ4n) is 4.71. The quantitative estimate of drug-likeness (QED) is 0.321. The van der Waals surface area contributed by atoms with Gasteiger partial charge >= 0.3 is 22.7 Å². The van der Waals surface area contributed by atoms with E-state index in [0.717, 1.165) is 22.3 Å². The smallest absolute Gasteiger partial charge is 0.449 e. The maximum Gasteiger partial charge on any atom is 0.488 e. The topological polar surface area (TPSA) is 120 Å². The van der Waals surface area contributed by atoms with Gasteiger partial charge in [-0.15, -0.1) is 0 Å². The van der Waals surface area contributed by atoms with Gasteiger partial charge in [0.15, 0.2) is 5.75 Å². The van der Waals surface area contributed by atoms with Crippen molar-refractivity contribution in [3.05, 3.63) is 82.4 Å². The molecule has 2 amide bonds. The van der Waals surface area contributed by atoms with E-state index >= 15 is 0 Å². The highest BCUT2D eigenvalue weighted by molar-refractivity contribution is 7.81. The van der Waals surface area contributed by atoms with Crippen molar-refractivity contribution < 1.29 is 35.5 Å². The van der Waals surface area contributed by atoms with Crippen LogP contribution in [0.15, 0.2) is 54.6 Å². The van der Waals surface area contributed by atoms with Gasteiger partial charge in [-0.1, -0.05) is 52.4 Å². The summed E-state index contributed by atoms with van der Waals surface area (Å²) < 4.78 is 51.5. The van der Waals surface area contributed by atoms with E-state index in [0.29, 0.717) is 5.56 Å². The van der Waals surface area contributed by atoms with E-state index in [4.69, 9.17) is 9.47 Å². The van der Waals surface area contributed by atoms with Crippen molar-refractivity contribution >= 4 is 28.4 Å². The highest BCUT2D eigenvalue weighted by atomic mass is 32.3. The molecule has 40 heavy (non-hydrogen) atoms. The van der Waals surface area contributed by atoms with E-state index in [2.05, 4.69) is 14.8 Å². The SMILES string of the molecule is Cc1c(CNC(=O)OCC2c3ccccc3-c3ccccc32)cc(NC(=O)OC(C)(C)C)c(C)c1OS(=O)(=O)F. The first-order chi connectivity index (χ1) is 18.7. The first-order valence-corrected chi connectivity index (χ1v) is 13.9. The highest BCUT2D eigenvalue weighted by Crippen LogP contribution is 2.44. The Labute approximate surface area is 233 Å². The first kappa shape index (κ1) is 28.9. The standard InChI is InChI=1S/C29H31FN2O7S/c1-17-19(14-25(32-28(34)38-29(3,4)5)18(2)26(17)39-40(30,35)36)15-31-27(33)37-16-24-22-12-8-6-10-20(22)21-11-7-9-13-23(21)24/h6-14,24H,15-16H2,1-5H3,(H,31,33)(H,32,34). The number of anilines is 1. The van der Waals surface area contributed by atoms with Gasteiger partial charge in [0.05, 0.1) is 5.69 Å². The zero-order valence-corrected chi connectivity index (χ0v) is 23.6. The second-order valence-corrected chi connectivity index (χ2v) is 11.4. The number of fused-ring (bicyclic) bond motifs is 3. The Kier molecular flexibility index (Phi) is 8.06. The fraction of sp³-hybridized carbons (Fsp3) is 0.310. The van der Waals surface area contributed by atoms with E-state index < -0.39 is 28.3 Å². The molecule has 11 heteroatoms. The molecule has 4 rings (SSSR count). The first-order valence-electron chi connectivity index (χ1n) is 12.6. The van der Waals surface area contributed by atoms with E-state index in [1.165, 1.54) is 19.9 Å². The van der Waals surface area contributed by atoms with Crippen LogP contribution in [-0.2, 0) is 26.5 Å². The lowest BCUT2D eigenvalue weighted by molar-refractivity contribution is 0.0635. The predicted molar refractivity (Wildman–Crippen MR) is 148 cm³/mol. The van der Waals surface area contributed by atoms with Gasteiger partial charge < -0.3 is 19.0 Å². The summed E-state index contributed by atoms with van der Waals surface area (Å²) in [5.74, 6) is -0.431. The van der Waals surface area contributed by atoms with Crippen LogP contribution >= 0.6 is 0 Å². The Morgan fingerprint density at radius 1 is 0.925 bits per heavy atom. The second kappa shape index (κ2) is 11.2. The molecule has 0 aromatic heterocycles. The summed E-state index contributed by atoms with van der Waals surface area (Å²) in [6, 6.07) is 17.4. The summed E-state index contributed by atoms with van der Waals surface area (Å²) in [5, 5.41) is 5.16. The van der Waals surface area contributed by atoms with E-state index in [1.54, 1.807) is 20.8 Å². The van der Waals surface area contributed by atoms with E-state index in [1.807, 2.05) is 48.5 Å². The van der Waals surface area contributed by atoms with Crippen LogP contribution in [-0.4, -0.2) is 32.8 Å². The Balaban J connectivity index is 1.50. The van der Waals surface area contributed by atoms with Crippen LogP contribution in [0.4, 0.5) is 19.2 Å². The Morgan fingerprint density at radius 2 is 1.50 bits per heavy atom. The van der Waals surface area contributed by atoms with Gasteiger partial charge in [-0.25, -0.2) is 9.59 Å². The van der Waals surface area contributed by atoms with Crippen molar-refractivity contribution in [2.24, 2.45) is 0 Å². The molecule has 0 radical (unpaired) electrons. The number of nitrogens with one attached hydrogen (secondary N) is 2. The number of amides is 2. The predicted octanol–water partition coefficient (Wildman–Crippen LogP) is 6.28. The lowest BCUT2D eigenvalue weighted by atomic mass is 9.98. The third kappa shape index (κ3) is 6.71. The minimum atomic E-state index is -5.37. The van der Waals surface area contributed by atoms with Crippen LogP contribution in [0, 0.1) is 13.8 Å². The van der Waals surface area contributed by atoms with Crippen molar-refractivity contribution in [2.45, 2.75) is 52.7 Å². The van der Waals surface area contributed by atoms with Crippen LogP contribution in [0.3, 0.4) is 0 Å². The van der Waals surface area contributed by atoms with Gasteiger partial charge in [0.25, 0.3) is 0 Å². The minimum absolute atomic E-state index is 0.104. The number of carbonyl (C=O) groups excluding carboxylic acids is 2. The van der Waals surface area contributed by atoms with Crippen LogP contribution in [0.1, 0.15) is 54.5 Å². The molecule has 0 bridgehead atoms. The number of hydrogen-bond acceptors (Lipinski definition) is 7. The zero-order valence-electron chi connectivity index (χ0n) is 22.8. The number of ether oxygens (including phenoxy) is 2. The van der Waals surface area contributed by atoms with Crippen LogP contribution in [0.25, 0.3) is 11.1 Å². The zero-order chi connectivity index (χ0) is 29.2. The summed E-state index contributed by atoms with van der Waals surface area (Å²) in [5.41, 5.74) is 4.45. The summed E-state index contributed by atoms with van der Waals surface area (Å²) in [4.78, 5) is 25.1. The molecule has 1 aliphatic carbocycles. The lowest BCUT2D eigenvalue weighted by Crippen LogP contribution is -2.28. The molecular weight excluding hydrogens is 539 g/mol. The van der Waals surface area contributed by atoms with Gasteiger partial charge in [0.1, 0.15) is 12.2 Å². The largest absolute Gasteiger partial charge is 0.488 e. The molecule has 212 valence electrons. The summed E-state index contributed by atoms with van der Waals surface area (Å²) >= 11 is 0.